The van der Waals surface area contributed by atoms with Crippen LogP contribution in [0.15, 0.2) is 41.5 Å². The maximum absolute atomic E-state index is 2.40. The van der Waals surface area contributed by atoms with E-state index in [0.29, 0.717) is 0 Å². The Bertz CT molecular complexity index is 531. The highest BCUT2D eigenvalue weighted by molar-refractivity contribution is 5.30. The molecule has 114 valence electrons. The quantitative estimate of drug-likeness (QED) is 0.573. The minimum absolute atomic E-state index is 0.779. The van der Waals surface area contributed by atoms with Crippen LogP contribution in [-0.4, -0.2) is 0 Å². The second kappa shape index (κ2) is 7.64. The fraction of sp³-hybridized carbons (Fsp3) is 0.524. The summed E-state index contributed by atoms with van der Waals surface area (Å²) >= 11 is 0. The first-order valence-corrected chi connectivity index (χ1v) is 8.52. The molecule has 1 aromatic carbocycles. The van der Waals surface area contributed by atoms with Crippen molar-refractivity contribution >= 4 is 0 Å². The summed E-state index contributed by atoms with van der Waals surface area (Å²) in [7, 11) is 0. The molecule has 1 aliphatic carbocycles. The molecule has 0 nitrogen and oxygen atoms in total. The first kappa shape index (κ1) is 16.1. The van der Waals surface area contributed by atoms with Gasteiger partial charge >= 0.3 is 0 Å². The van der Waals surface area contributed by atoms with Gasteiger partial charge < -0.3 is 0 Å². The molecule has 1 unspecified atom stereocenters. The number of benzene rings is 1. The van der Waals surface area contributed by atoms with Gasteiger partial charge in [0.05, 0.1) is 0 Å². The van der Waals surface area contributed by atoms with Crippen molar-refractivity contribution in [2.24, 2.45) is 5.92 Å². The maximum Gasteiger partial charge on any atom is -0.0197 e. The smallest absolute Gasteiger partial charge is 0.0197 e. The molecule has 0 spiro atoms. The van der Waals surface area contributed by atoms with E-state index in [1.54, 1.807) is 5.57 Å². The normalized spacial score (nSPS) is 16.4. The fourth-order valence-electron chi connectivity index (χ4n) is 3.26. The van der Waals surface area contributed by atoms with E-state index in [-0.39, 0.29) is 0 Å². The minimum atomic E-state index is 0.779. The number of aryl methyl sites for hydroxylation is 3. The zero-order chi connectivity index (χ0) is 15.2. The van der Waals surface area contributed by atoms with Crippen molar-refractivity contribution < 1.29 is 0 Å². The summed E-state index contributed by atoms with van der Waals surface area (Å²) in [6.07, 6.45) is 12.4. The van der Waals surface area contributed by atoms with E-state index >= 15 is 0 Å². The molecule has 0 heteroatoms. The van der Waals surface area contributed by atoms with Gasteiger partial charge in [0.2, 0.25) is 0 Å². The predicted octanol–water partition coefficient (Wildman–Crippen LogP) is 6.32. The van der Waals surface area contributed by atoms with Crippen molar-refractivity contribution in [3.05, 3.63) is 58.2 Å². The molecular formula is C21H30. The Hall–Kier alpha value is -1.30. The zero-order valence-electron chi connectivity index (χ0n) is 14.2. The molecule has 0 N–H and O–H groups in total. The Morgan fingerprint density at radius 3 is 2.38 bits per heavy atom. The Balaban J connectivity index is 2.01. The monoisotopic (exact) mass is 282 g/mol. The van der Waals surface area contributed by atoms with E-state index < -0.39 is 0 Å². The van der Waals surface area contributed by atoms with Crippen LogP contribution in [0.3, 0.4) is 0 Å². The van der Waals surface area contributed by atoms with Crippen LogP contribution in [0.2, 0.25) is 0 Å². The largest absolute Gasteiger partial charge is 0.0730 e. The molecule has 0 saturated carbocycles. The number of allylic oxidation sites excluding steroid dienone is 4. The lowest BCUT2D eigenvalue weighted by Crippen LogP contribution is -2.08. The van der Waals surface area contributed by atoms with Gasteiger partial charge in [-0.2, -0.15) is 0 Å². The third kappa shape index (κ3) is 4.59. The Morgan fingerprint density at radius 1 is 0.952 bits per heavy atom. The van der Waals surface area contributed by atoms with E-state index in [1.807, 2.05) is 0 Å². The highest BCUT2D eigenvalue weighted by atomic mass is 14.2. The van der Waals surface area contributed by atoms with Crippen molar-refractivity contribution in [3.63, 3.8) is 0 Å². The van der Waals surface area contributed by atoms with E-state index in [4.69, 9.17) is 0 Å². The molecule has 0 aromatic heterocycles. The first-order chi connectivity index (χ1) is 10.1. The van der Waals surface area contributed by atoms with Gasteiger partial charge in [0.1, 0.15) is 0 Å². The van der Waals surface area contributed by atoms with E-state index in [0.717, 1.165) is 5.92 Å². The van der Waals surface area contributed by atoms with Crippen LogP contribution in [-0.2, 0) is 6.42 Å². The molecule has 1 atom stereocenters. The summed E-state index contributed by atoms with van der Waals surface area (Å²) in [6.45, 7) is 8.98. The maximum atomic E-state index is 2.40. The molecule has 1 aromatic rings. The third-order valence-electron chi connectivity index (χ3n) is 4.90. The summed E-state index contributed by atoms with van der Waals surface area (Å²) in [5.74, 6) is 0.779. The molecule has 21 heavy (non-hydrogen) atoms. The lowest BCUT2D eigenvalue weighted by atomic mass is 9.83. The number of rotatable bonds is 6. The van der Waals surface area contributed by atoms with Crippen LogP contribution in [0.25, 0.3) is 0 Å². The van der Waals surface area contributed by atoms with Crippen molar-refractivity contribution in [1.29, 1.82) is 0 Å². The second-order valence-corrected chi connectivity index (χ2v) is 6.70. The van der Waals surface area contributed by atoms with Crippen molar-refractivity contribution in [1.82, 2.24) is 0 Å². The average molecular weight is 282 g/mol. The topological polar surface area (TPSA) is 0 Å². The second-order valence-electron chi connectivity index (χ2n) is 6.70. The lowest BCUT2D eigenvalue weighted by Gasteiger charge is -2.22. The van der Waals surface area contributed by atoms with Gasteiger partial charge in [-0.05, 0) is 75.5 Å². The van der Waals surface area contributed by atoms with E-state index in [9.17, 15) is 0 Å². The molecular weight excluding hydrogens is 252 g/mol. The highest BCUT2D eigenvalue weighted by Gasteiger charge is 2.15. The minimum Gasteiger partial charge on any atom is -0.0730 e. The van der Waals surface area contributed by atoms with Gasteiger partial charge in [0, 0.05) is 0 Å². The van der Waals surface area contributed by atoms with Crippen LogP contribution in [0, 0.1) is 19.8 Å². The predicted molar refractivity (Wildman–Crippen MR) is 93.7 cm³/mol. The molecule has 0 radical (unpaired) electrons. The van der Waals surface area contributed by atoms with Gasteiger partial charge in [0.15, 0.2) is 0 Å². The molecule has 2 rings (SSSR count). The van der Waals surface area contributed by atoms with E-state index in [2.05, 4.69) is 58.0 Å². The molecule has 0 bridgehead atoms. The lowest BCUT2D eigenvalue weighted by molar-refractivity contribution is 0.492. The molecule has 0 heterocycles. The Kier molecular flexibility index (Phi) is 5.85. The average Bonchev–Trinajstić information content (AvgIpc) is 2.48. The van der Waals surface area contributed by atoms with E-state index in [1.165, 1.54) is 60.8 Å². The van der Waals surface area contributed by atoms with Gasteiger partial charge in [-0.25, -0.2) is 0 Å². The molecule has 0 saturated heterocycles. The van der Waals surface area contributed by atoms with Crippen LogP contribution >= 0.6 is 0 Å². The third-order valence-corrected chi connectivity index (χ3v) is 4.90. The Morgan fingerprint density at radius 2 is 1.76 bits per heavy atom. The van der Waals surface area contributed by atoms with Crippen LogP contribution in [0.1, 0.15) is 62.6 Å². The van der Waals surface area contributed by atoms with Crippen molar-refractivity contribution in [2.45, 2.75) is 66.2 Å². The fourth-order valence-corrected chi connectivity index (χ4v) is 3.26. The first-order valence-electron chi connectivity index (χ1n) is 8.52. The summed E-state index contributed by atoms with van der Waals surface area (Å²) in [6, 6.07) is 6.95. The molecule has 0 fully saturated rings. The van der Waals surface area contributed by atoms with Crippen molar-refractivity contribution in [3.8, 4) is 0 Å². The van der Waals surface area contributed by atoms with Crippen LogP contribution in [0.5, 0.6) is 0 Å². The van der Waals surface area contributed by atoms with Gasteiger partial charge in [-0.3, -0.25) is 0 Å². The highest BCUT2D eigenvalue weighted by Crippen LogP contribution is 2.30. The van der Waals surface area contributed by atoms with Gasteiger partial charge in [0.25, 0.3) is 0 Å². The number of hydrogen-bond donors (Lipinski definition) is 0. The van der Waals surface area contributed by atoms with Crippen molar-refractivity contribution in [2.75, 3.05) is 0 Å². The number of hydrogen-bond acceptors (Lipinski definition) is 0. The zero-order valence-corrected chi connectivity index (χ0v) is 14.2. The van der Waals surface area contributed by atoms with Crippen LogP contribution < -0.4 is 0 Å². The summed E-state index contributed by atoms with van der Waals surface area (Å²) in [5.41, 5.74) is 7.55. The summed E-state index contributed by atoms with van der Waals surface area (Å²) in [4.78, 5) is 0. The molecule has 0 amide bonds. The SMILES string of the molecule is CCCC(CCc1ccc(C)c(C)c1)C1=CC=C(C)CC1. The Labute approximate surface area is 131 Å². The molecule has 1 aliphatic rings. The van der Waals surface area contributed by atoms with Gasteiger partial charge in [-0.15, -0.1) is 0 Å². The molecule has 0 aliphatic heterocycles. The van der Waals surface area contributed by atoms with Gasteiger partial charge in [-0.1, -0.05) is 54.8 Å². The summed E-state index contributed by atoms with van der Waals surface area (Å²) < 4.78 is 0. The summed E-state index contributed by atoms with van der Waals surface area (Å²) in [5, 5.41) is 0. The standard InChI is InChI=1S/C21H30/c1-5-6-20(21-12-7-16(2)8-13-21)14-11-19-10-9-17(3)18(4)15-19/h7,9-10,12,15,20H,5-6,8,11,13-14H2,1-4H3. The van der Waals surface area contributed by atoms with Crippen LogP contribution in [0.4, 0.5) is 0 Å².